The minimum Gasteiger partial charge on any atom is -0.326 e. The Hall–Kier alpha value is -0.0400. The molecule has 0 atom stereocenters. The van der Waals surface area contributed by atoms with Crippen LogP contribution in [0, 0.1) is 10.8 Å². The molecule has 80 valence electrons. The molecule has 0 amide bonds. The van der Waals surface area contributed by atoms with Gasteiger partial charge in [-0.1, -0.05) is 34.6 Å². The summed E-state index contributed by atoms with van der Waals surface area (Å²) in [6.45, 7) is 15.8. The van der Waals surface area contributed by atoms with E-state index in [4.69, 9.17) is 5.73 Å². The highest BCUT2D eigenvalue weighted by molar-refractivity contribution is 4.85. The molecule has 0 heterocycles. The van der Waals surface area contributed by atoms with E-state index >= 15 is 0 Å². The lowest BCUT2D eigenvalue weighted by molar-refractivity contribution is 0.109. The Morgan fingerprint density at radius 1 is 0.769 bits per heavy atom. The smallest absolute Gasteiger partial charge is 0.00972 e. The van der Waals surface area contributed by atoms with Gasteiger partial charge in [0.05, 0.1) is 0 Å². The van der Waals surface area contributed by atoms with Crippen molar-refractivity contribution in [2.75, 3.05) is 0 Å². The maximum atomic E-state index is 5.99. The highest BCUT2D eigenvalue weighted by atomic mass is 14.7. The summed E-state index contributed by atoms with van der Waals surface area (Å²) >= 11 is 0. The lowest BCUT2D eigenvalue weighted by atomic mass is 9.66. The van der Waals surface area contributed by atoms with Gasteiger partial charge in [-0.2, -0.15) is 0 Å². The minimum atomic E-state index is -0.0253. The summed E-state index contributed by atoms with van der Waals surface area (Å²) in [5.74, 6) is 0. The fraction of sp³-hybridized carbons (Fsp3) is 1.00. The van der Waals surface area contributed by atoms with Crippen molar-refractivity contribution in [1.82, 2.24) is 0 Å². The van der Waals surface area contributed by atoms with Crippen LogP contribution in [0.1, 0.15) is 61.3 Å². The molecule has 1 heteroatoms. The Morgan fingerprint density at radius 2 is 1.15 bits per heavy atom. The summed E-state index contributed by atoms with van der Waals surface area (Å²) < 4.78 is 0. The van der Waals surface area contributed by atoms with Gasteiger partial charge in [0.15, 0.2) is 0 Å². The Balaban J connectivity index is 4.21. The summed E-state index contributed by atoms with van der Waals surface area (Å²) in [4.78, 5) is 0. The van der Waals surface area contributed by atoms with Crippen LogP contribution in [0.3, 0.4) is 0 Å². The van der Waals surface area contributed by atoms with Gasteiger partial charge in [-0.25, -0.2) is 0 Å². The van der Waals surface area contributed by atoms with Crippen molar-refractivity contribution >= 4 is 0 Å². The molecule has 0 aromatic carbocycles. The van der Waals surface area contributed by atoms with Gasteiger partial charge in [-0.15, -0.1) is 0 Å². The molecule has 2 N–H and O–H groups in total. The van der Waals surface area contributed by atoms with Crippen LogP contribution >= 0.6 is 0 Å². The highest BCUT2D eigenvalue weighted by Crippen LogP contribution is 2.42. The summed E-state index contributed by atoms with van der Waals surface area (Å²) in [5.41, 5.74) is 6.68. The van der Waals surface area contributed by atoms with Crippen molar-refractivity contribution in [1.29, 1.82) is 0 Å². The van der Waals surface area contributed by atoms with E-state index in [2.05, 4.69) is 48.5 Å². The molecule has 0 aliphatic carbocycles. The van der Waals surface area contributed by atoms with Crippen LogP contribution < -0.4 is 5.73 Å². The molecule has 0 saturated carbocycles. The first-order valence-corrected chi connectivity index (χ1v) is 5.25. The van der Waals surface area contributed by atoms with E-state index in [0.717, 1.165) is 6.42 Å². The van der Waals surface area contributed by atoms with Gasteiger partial charge >= 0.3 is 0 Å². The molecule has 1 nitrogen and oxygen atoms in total. The maximum Gasteiger partial charge on any atom is 0.00972 e. The second-order valence-corrected chi connectivity index (χ2v) is 6.62. The van der Waals surface area contributed by atoms with Crippen molar-refractivity contribution in [3.05, 3.63) is 0 Å². The first kappa shape index (κ1) is 13.0. The molecule has 0 saturated heterocycles. The van der Waals surface area contributed by atoms with Crippen LogP contribution in [0.4, 0.5) is 0 Å². The zero-order valence-electron chi connectivity index (χ0n) is 10.5. The van der Waals surface area contributed by atoms with Gasteiger partial charge in [-0.3, -0.25) is 0 Å². The van der Waals surface area contributed by atoms with Gasteiger partial charge < -0.3 is 5.73 Å². The van der Waals surface area contributed by atoms with Crippen LogP contribution in [-0.4, -0.2) is 5.54 Å². The largest absolute Gasteiger partial charge is 0.326 e. The third kappa shape index (κ3) is 4.66. The third-order valence-corrected chi connectivity index (χ3v) is 3.42. The monoisotopic (exact) mass is 185 g/mol. The standard InChI is InChI=1S/C12H27N/c1-10(2,3)11(4,5)8-9-12(6,7)13/h8-9,13H2,1-7H3. The van der Waals surface area contributed by atoms with Crippen molar-refractivity contribution in [2.45, 2.75) is 66.8 Å². The molecular formula is C12H27N. The maximum absolute atomic E-state index is 5.99. The van der Waals surface area contributed by atoms with E-state index in [1.807, 2.05) is 0 Å². The predicted molar refractivity (Wildman–Crippen MR) is 60.7 cm³/mol. The quantitative estimate of drug-likeness (QED) is 0.714. The average Bonchev–Trinajstić information content (AvgIpc) is 1.79. The molecule has 0 aliphatic rings. The first-order chi connectivity index (χ1) is 5.46. The number of hydrogen-bond acceptors (Lipinski definition) is 1. The van der Waals surface area contributed by atoms with Crippen molar-refractivity contribution < 1.29 is 0 Å². The predicted octanol–water partition coefficient (Wildman–Crippen LogP) is 3.58. The van der Waals surface area contributed by atoms with Crippen LogP contribution in [0.2, 0.25) is 0 Å². The summed E-state index contributed by atoms with van der Waals surface area (Å²) in [5, 5.41) is 0. The van der Waals surface area contributed by atoms with E-state index in [1.54, 1.807) is 0 Å². The lowest BCUT2D eigenvalue weighted by Gasteiger charge is -2.40. The van der Waals surface area contributed by atoms with Crippen molar-refractivity contribution in [3.8, 4) is 0 Å². The Morgan fingerprint density at radius 3 is 1.38 bits per heavy atom. The van der Waals surface area contributed by atoms with Gasteiger partial charge in [0.1, 0.15) is 0 Å². The Kier molecular flexibility index (Phi) is 3.59. The second-order valence-electron chi connectivity index (χ2n) is 6.62. The molecular weight excluding hydrogens is 158 g/mol. The van der Waals surface area contributed by atoms with Crippen LogP contribution in [0.5, 0.6) is 0 Å². The van der Waals surface area contributed by atoms with E-state index in [0.29, 0.717) is 10.8 Å². The molecule has 0 aliphatic heterocycles. The fourth-order valence-corrected chi connectivity index (χ4v) is 1.01. The second kappa shape index (κ2) is 3.61. The van der Waals surface area contributed by atoms with Crippen LogP contribution in [0.15, 0.2) is 0 Å². The van der Waals surface area contributed by atoms with Gasteiger partial charge in [-0.05, 0) is 37.5 Å². The van der Waals surface area contributed by atoms with Gasteiger partial charge in [0.2, 0.25) is 0 Å². The van der Waals surface area contributed by atoms with E-state index in [-0.39, 0.29) is 5.54 Å². The van der Waals surface area contributed by atoms with Gasteiger partial charge in [0.25, 0.3) is 0 Å². The Bertz CT molecular complexity index is 155. The molecule has 0 aromatic rings. The van der Waals surface area contributed by atoms with Crippen molar-refractivity contribution in [2.24, 2.45) is 16.6 Å². The Labute approximate surface area is 84.1 Å². The third-order valence-electron chi connectivity index (χ3n) is 3.42. The molecule has 0 unspecified atom stereocenters. The number of rotatable bonds is 3. The van der Waals surface area contributed by atoms with Crippen LogP contribution in [0.25, 0.3) is 0 Å². The molecule has 0 spiro atoms. The molecule has 0 bridgehead atoms. The van der Waals surface area contributed by atoms with Crippen LogP contribution in [-0.2, 0) is 0 Å². The summed E-state index contributed by atoms with van der Waals surface area (Å²) in [6.07, 6.45) is 2.29. The molecule has 0 radical (unpaired) electrons. The average molecular weight is 185 g/mol. The molecule has 13 heavy (non-hydrogen) atoms. The lowest BCUT2D eigenvalue weighted by Crippen LogP contribution is -2.36. The molecule has 0 rings (SSSR count). The summed E-state index contributed by atoms with van der Waals surface area (Å²) in [7, 11) is 0. The SMILES string of the molecule is CC(C)(N)CCC(C)(C)C(C)(C)C. The summed E-state index contributed by atoms with van der Waals surface area (Å²) in [6, 6.07) is 0. The van der Waals surface area contributed by atoms with Gasteiger partial charge in [0, 0.05) is 5.54 Å². The topological polar surface area (TPSA) is 26.0 Å². The number of hydrogen-bond donors (Lipinski definition) is 1. The van der Waals surface area contributed by atoms with Crippen molar-refractivity contribution in [3.63, 3.8) is 0 Å². The first-order valence-electron chi connectivity index (χ1n) is 5.25. The van der Waals surface area contributed by atoms with E-state index < -0.39 is 0 Å². The van der Waals surface area contributed by atoms with E-state index in [9.17, 15) is 0 Å². The highest BCUT2D eigenvalue weighted by Gasteiger charge is 2.33. The van der Waals surface area contributed by atoms with E-state index in [1.165, 1.54) is 6.42 Å². The zero-order valence-corrected chi connectivity index (χ0v) is 10.5. The normalized spacial score (nSPS) is 14.8. The fourth-order valence-electron chi connectivity index (χ4n) is 1.01. The molecule has 0 aromatic heterocycles. The molecule has 0 fully saturated rings. The zero-order chi connectivity index (χ0) is 10.9. The minimum absolute atomic E-state index is 0.0253. The number of nitrogens with two attached hydrogens (primary N) is 1.